The number of piperidine rings is 1. The van der Waals surface area contributed by atoms with Crippen LogP contribution in [0, 0.1) is 17.7 Å². The van der Waals surface area contributed by atoms with Gasteiger partial charge in [0.25, 0.3) is 5.91 Å². The molecule has 1 aromatic carbocycles. The van der Waals surface area contributed by atoms with Crippen LogP contribution >= 0.6 is 0 Å². The quantitative estimate of drug-likeness (QED) is 0.693. The van der Waals surface area contributed by atoms with Crippen molar-refractivity contribution in [2.45, 2.75) is 26.2 Å². The number of ether oxygens (including phenoxy) is 1. The fourth-order valence-electron chi connectivity index (χ4n) is 4.60. The summed E-state index contributed by atoms with van der Waals surface area (Å²) < 4.78 is 10.5. The number of likely N-dealkylation sites (tertiary alicyclic amines) is 1. The summed E-state index contributed by atoms with van der Waals surface area (Å²) in [4.78, 5) is 29.6. The lowest BCUT2D eigenvalue weighted by Gasteiger charge is -2.37. The second kappa shape index (κ2) is 8.49. The molecule has 0 atom stereocenters. The average Bonchev–Trinajstić information content (AvgIpc) is 3.39. The molecule has 9 heteroatoms. The molecular weight excluding hydrogens is 410 g/mol. The Bertz CT molecular complexity index is 1080. The van der Waals surface area contributed by atoms with Crippen LogP contribution in [0.4, 0.5) is 5.69 Å². The zero-order valence-electron chi connectivity index (χ0n) is 18.3. The summed E-state index contributed by atoms with van der Waals surface area (Å²) in [5, 5.41) is 11.3. The Morgan fingerprint density at radius 2 is 1.97 bits per heavy atom. The van der Waals surface area contributed by atoms with Crippen molar-refractivity contribution < 1.29 is 18.8 Å². The number of anilines is 1. The van der Waals surface area contributed by atoms with Crippen molar-refractivity contribution in [2.24, 2.45) is 11.1 Å². The number of nitrogens with zero attached hydrogens (tertiary/aromatic N) is 3. The van der Waals surface area contributed by atoms with Gasteiger partial charge in [-0.25, -0.2) is 0 Å². The number of carbonyl (C=O) groups excluding carboxylic acids is 2. The minimum absolute atomic E-state index is 0.0818. The van der Waals surface area contributed by atoms with Crippen LogP contribution in [0.5, 0.6) is 5.75 Å². The predicted molar refractivity (Wildman–Crippen MR) is 120 cm³/mol. The smallest absolute Gasteiger partial charge is 0.276 e. The molecule has 2 amide bonds. The summed E-state index contributed by atoms with van der Waals surface area (Å²) in [6.45, 7) is 3.38. The Hall–Kier alpha value is -3.62. The Balaban J connectivity index is 1.49. The Labute approximate surface area is 186 Å². The molecule has 9 nitrogen and oxygen atoms in total. The summed E-state index contributed by atoms with van der Waals surface area (Å²) >= 11 is 0. The molecule has 2 aliphatic heterocycles. The largest absolute Gasteiger partial charge is 0.496 e. The molecule has 3 N–H and O–H groups in total. The number of nitrogens with one attached hydrogen (secondary N) is 1. The second-order valence-electron chi connectivity index (χ2n) is 8.25. The molecule has 2 aromatic rings. The van der Waals surface area contributed by atoms with Gasteiger partial charge >= 0.3 is 0 Å². The molecule has 32 heavy (non-hydrogen) atoms. The molecule has 2 aliphatic rings. The fourth-order valence-corrected chi connectivity index (χ4v) is 4.60. The summed E-state index contributed by atoms with van der Waals surface area (Å²) in [6.07, 6.45) is 4.51. The third-order valence-electron chi connectivity index (χ3n) is 6.51. The number of hydrogen-bond acceptors (Lipinski definition) is 7. The lowest BCUT2D eigenvalue weighted by Crippen LogP contribution is -2.46. The first-order chi connectivity index (χ1) is 15.4. The van der Waals surface area contributed by atoms with E-state index in [9.17, 15) is 9.59 Å². The summed E-state index contributed by atoms with van der Waals surface area (Å²) in [7, 11) is 1.55. The third-order valence-corrected chi connectivity index (χ3v) is 6.51. The number of benzene rings is 1. The second-order valence-corrected chi connectivity index (χ2v) is 8.25. The maximum Gasteiger partial charge on any atom is 0.276 e. The van der Waals surface area contributed by atoms with Gasteiger partial charge in [0.2, 0.25) is 5.91 Å². The number of allylic oxidation sites excluding steroid dienone is 1. The van der Waals surface area contributed by atoms with E-state index >= 15 is 0 Å². The van der Waals surface area contributed by atoms with Gasteiger partial charge in [-0.3, -0.25) is 9.59 Å². The zero-order chi connectivity index (χ0) is 22.9. The molecule has 1 aromatic heterocycles. The SMILES string of the molecule is COc1cc(N2CCC3(CCN(C(=O)c4cc(C)on4)CC3)C2=O)ccc1/C(C=N)=C/N. The number of hydrogen-bond donors (Lipinski definition) is 2. The van der Waals surface area contributed by atoms with Gasteiger partial charge in [-0.15, -0.1) is 0 Å². The standard InChI is InChI=1S/C23H27N5O4/c1-15-11-19(26-32-15)21(29)27-8-5-23(6-9-27)7-10-28(22(23)30)17-3-4-18(16(13-24)14-25)20(12-17)31-2/h3-4,11-14,24H,5-10,25H2,1-2H3/b16-14+,24-13?. The maximum atomic E-state index is 13.5. The van der Waals surface area contributed by atoms with E-state index in [2.05, 4.69) is 5.16 Å². The van der Waals surface area contributed by atoms with Gasteiger partial charge in [0, 0.05) is 61.0 Å². The molecule has 0 radical (unpaired) electrons. The van der Waals surface area contributed by atoms with E-state index in [4.69, 9.17) is 20.4 Å². The van der Waals surface area contributed by atoms with Crippen molar-refractivity contribution in [3.05, 3.63) is 47.5 Å². The van der Waals surface area contributed by atoms with Crippen LogP contribution in [0.3, 0.4) is 0 Å². The van der Waals surface area contributed by atoms with Gasteiger partial charge in [-0.05, 0) is 38.3 Å². The zero-order valence-corrected chi connectivity index (χ0v) is 18.3. The predicted octanol–water partition coefficient (Wildman–Crippen LogP) is 2.60. The fraction of sp³-hybridized carbons (Fsp3) is 0.391. The highest BCUT2D eigenvalue weighted by Gasteiger charge is 2.49. The van der Waals surface area contributed by atoms with Crippen molar-refractivity contribution in [1.82, 2.24) is 10.1 Å². The first-order valence-corrected chi connectivity index (χ1v) is 10.6. The van der Waals surface area contributed by atoms with Gasteiger partial charge in [0.15, 0.2) is 5.69 Å². The van der Waals surface area contributed by atoms with Crippen LogP contribution in [-0.4, -0.2) is 54.8 Å². The molecule has 2 fully saturated rings. The van der Waals surface area contributed by atoms with E-state index < -0.39 is 5.41 Å². The number of nitrogens with two attached hydrogens (primary N) is 1. The van der Waals surface area contributed by atoms with E-state index in [1.807, 2.05) is 18.2 Å². The molecular formula is C23H27N5O4. The summed E-state index contributed by atoms with van der Waals surface area (Å²) in [5.41, 5.74) is 7.46. The number of amides is 2. The lowest BCUT2D eigenvalue weighted by molar-refractivity contribution is -0.127. The highest BCUT2D eigenvalue weighted by Crippen LogP contribution is 2.44. The third kappa shape index (κ3) is 3.63. The molecule has 4 rings (SSSR count). The van der Waals surface area contributed by atoms with Crippen molar-refractivity contribution in [3.63, 3.8) is 0 Å². The van der Waals surface area contributed by atoms with E-state index in [0.29, 0.717) is 60.8 Å². The normalized spacial score (nSPS) is 18.3. The van der Waals surface area contributed by atoms with Crippen molar-refractivity contribution in [1.29, 1.82) is 5.41 Å². The molecule has 0 unspecified atom stereocenters. The van der Waals surface area contributed by atoms with Crippen molar-refractivity contribution in [2.75, 3.05) is 31.6 Å². The minimum atomic E-state index is -0.459. The number of aromatic nitrogens is 1. The van der Waals surface area contributed by atoms with E-state index in [1.165, 1.54) is 12.4 Å². The van der Waals surface area contributed by atoms with Crippen LogP contribution in [0.2, 0.25) is 0 Å². The molecule has 168 valence electrons. The number of carbonyl (C=O) groups is 2. The van der Waals surface area contributed by atoms with Crippen molar-refractivity contribution in [3.8, 4) is 5.75 Å². The van der Waals surface area contributed by atoms with E-state index in [-0.39, 0.29) is 11.8 Å². The van der Waals surface area contributed by atoms with Gasteiger partial charge in [0.05, 0.1) is 12.5 Å². The Morgan fingerprint density at radius 1 is 1.25 bits per heavy atom. The maximum absolute atomic E-state index is 13.5. The van der Waals surface area contributed by atoms with Crippen LogP contribution in [-0.2, 0) is 4.79 Å². The number of methoxy groups -OCH3 is 1. The summed E-state index contributed by atoms with van der Waals surface area (Å²) in [5.74, 6) is 1.08. The van der Waals surface area contributed by atoms with E-state index in [1.54, 1.807) is 29.9 Å². The Morgan fingerprint density at radius 3 is 2.56 bits per heavy atom. The topological polar surface area (TPSA) is 126 Å². The molecule has 0 bridgehead atoms. The molecule has 3 heterocycles. The molecule has 0 saturated carbocycles. The number of rotatable bonds is 5. The van der Waals surface area contributed by atoms with E-state index in [0.717, 1.165) is 12.1 Å². The van der Waals surface area contributed by atoms with Crippen molar-refractivity contribution >= 4 is 29.3 Å². The van der Waals surface area contributed by atoms with Crippen LogP contribution in [0.25, 0.3) is 5.57 Å². The first-order valence-electron chi connectivity index (χ1n) is 10.6. The average molecular weight is 438 g/mol. The van der Waals surface area contributed by atoms with Gasteiger partial charge in [-0.2, -0.15) is 0 Å². The van der Waals surface area contributed by atoms with Gasteiger partial charge in [-0.1, -0.05) is 5.16 Å². The lowest BCUT2D eigenvalue weighted by atomic mass is 9.77. The van der Waals surface area contributed by atoms with Gasteiger partial charge < -0.3 is 30.2 Å². The first kappa shape index (κ1) is 21.6. The highest BCUT2D eigenvalue weighted by atomic mass is 16.5. The monoisotopic (exact) mass is 437 g/mol. The highest BCUT2D eigenvalue weighted by molar-refractivity contribution is 6.09. The summed E-state index contributed by atoms with van der Waals surface area (Å²) in [6, 6.07) is 7.12. The molecule has 1 spiro atoms. The van der Waals surface area contributed by atoms with Crippen LogP contribution in [0.1, 0.15) is 41.1 Å². The molecule has 0 aliphatic carbocycles. The molecule has 2 saturated heterocycles. The number of aryl methyl sites for hydroxylation is 1. The van der Waals surface area contributed by atoms with Crippen LogP contribution < -0.4 is 15.4 Å². The van der Waals surface area contributed by atoms with Crippen LogP contribution in [0.15, 0.2) is 35.0 Å². The Kier molecular flexibility index (Phi) is 5.73. The minimum Gasteiger partial charge on any atom is -0.496 e. The van der Waals surface area contributed by atoms with Gasteiger partial charge in [0.1, 0.15) is 11.5 Å².